The van der Waals surface area contributed by atoms with Crippen LogP contribution >= 0.6 is 0 Å². The van der Waals surface area contributed by atoms with Gasteiger partial charge in [0.1, 0.15) is 0 Å². The molecule has 0 unspecified atom stereocenters. The fourth-order valence-electron chi connectivity index (χ4n) is 1.29. The summed E-state index contributed by atoms with van der Waals surface area (Å²) in [6, 6.07) is 0.735. The second-order valence-electron chi connectivity index (χ2n) is 3.17. The van der Waals surface area contributed by atoms with Gasteiger partial charge >= 0.3 is 14.9 Å². The number of nitrogens with one attached hydrogen (secondary N) is 1. The first-order valence-electron chi connectivity index (χ1n) is 5.11. The number of methoxy groups -OCH3 is 1. The molecule has 0 aliphatic rings. The van der Waals surface area contributed by atoms with Crippen LogP contribution in [0.2, 0.25) is 6.04 Å². The predicted octanol–water partition coefficient (Wildman–Crippen LogP) is 1.00. The van der Waals surface area contributed by atoms with Gasteiger partial charge in [-0.1, -0.05) is 0 Å². The third-order valence-corrected chi connectivity index (χ3v) is 5.13. The molecule has 16 heavy (non-hydrogen) atoms. The van der Waals surface area contributed by atoms with Gasteiger partial charge in [-0.3, -0.25) is 0 Å². The number of unbranched alkanes of at least 4 members (excludes halogenated alkanes) is 1. The Kier molecular flexibility index (Phi) is 8.17. The Labute approximate surface area is 97.6 Å². The van der Waals surface area contributed by atoms with E-state index in [0.717, 1.165) is 18.9 Å². The molecular formula is C9H21NO5Si. The highest BCUT2D eigenvalue weighted by molar-refractivity contribution is 6.60. The first kappa shape index (κ1) is 15.4. The topological polar surface area (TPSA) is 66.0 Å². The van der Waals surface area contributed by atoms with E-state index in [1.807, 2.05) is 0 Å². The molecule has 6 nitrogen and oxygen atoms in total. The minimum Gasteiger partial charge on any atom is -0.453 e. The quantitative estimate of drug-likeness (QED) is 0.515. The Morgan fingerprint density at radius 1 is 1.06 bits per heavy atom. The van der Waals surface area contributed by atoms with Crippen LogP contribution in [0.4, 0.5) is 4.79 Å². The molecular weight excluding hydrogens is 230 g/mol. The van der Waals surface area contributed by atoms with Gasteiger partial charge in [0.25, 0.3) is 0 Å². The zero-order chi connectivity index (χ0) is 12.4. The molecule has 0 spiro atoms. The third-order valence-electron chi connectivity index (χ3n) is 2.30. The number of hydrogen-bond acceptors (Lipinski definition) is 5. The number of carbonyl (C=O) groups is 1. The van der Waals surface area contributed by atoms with Crippen molar-refractivity contribution in [2.24, 2.45) is 0 Å². The van der Waals surface area contributed by atoms with Crippen molar-refractivity contribution in [1.82, 2.24) is 5.32 Å². The van der Waals surface area contributed by atoms with E-state index in [1.54, 1.807) is 21.3 Å². The van der Waals surface area contributed by atoms with E-state index in [9.17, 15) is 4.79 Å². The lowest BCUT2D eigenvalue weighted by Gasteiger charge is -2.24. The molecule has 1 N–H and O–H groups in total. The van der Waals surface area contributed by atoms with E-state index in [2.05, 4.69) is 10.1 Å². The average molecular weight is 251 g/mol. The molecule has 0 atom stereocenters. The Balaban J connectivity index is 3.67. The SMILES string of the molecule is COC(=O)NCCCC[Si](OC)(OC)OC. The normalized spacial score (nSPS) is 11.2. The zero-order valence-corrected chi connectivity index (χ0v) is 11.4. The summed E-state index contributed by atoms with van der Waals surface area (Å²) in [6.45, 7) is 0.578. The minimum absolute atomic E-state index is 0.409. The van der Waals surface area contributed by atoms with Crippen molar-refractivity contribution in [3.63, 3.8) is 0 Å². The predicted molar refractivity (Wildman–Crippen MR) is 61.2 cm³/mol. The van der Waals surface area contributed by atoms with Crippen molar-refractivity contribution in [3.8, 4) is 0 Å². The second-order valence-corrected chi connectivity index (χ2v) is 6.26. The highest BCUT2D eigenvalue weighted by Crippen LogP contribution is 2.15. The molecule has 0 aliphatic carbocycles. The van der Waals surface area contributed by atoms with Crippen molar-refractivity contribution in [2.45, 2.75) is 18.9 Å². The van der Waals surface area contributed by atoms with Crippen molar-refractivity contribution in [1.29, 1.82) is 0 Å². The Morgan fingerprint density at radius 3 is 2.06 bits per heavy atom. The molecule has 0 fully saturated rings. The van der Waals surface area contributed by atoms with Gasteiger partial charge in [0.05, 0.1) is 7.11 Å². The number of amides is 1. The molecule has 0 aromatic carbocycles. The monoisotopic (exact) mass is 251 g/mol. The second kappa shape index (κ2) is 8.51. The van der Waals surface area contributed by atoms with Crippen LogP contribution in [-0.2, 0) is 18.0 Å². The van der Waals surface area contributed by atoms with Crippen molar-refractivity contribution in [2.75, 3.05) is 35.0 Å². The average Bonchev–Trinajstić information content (AvgIpc) is 2.34. The van der Waals surface area contributed by atoms with Gasteiger partial charge in [-0.2, -0.15) is 0 Å². The van der Waals surface area contributed by atoms with Gasteiger partial charge in [0.2, 0.25) is 0 Å². The summed E-state index contributed by atoms with van der Waals surface area (Å²) in [7, 11) is 3.66. The molecule has 0 radical (unpaired) electrons. The molecule has 0 bridgehead atoms. The zero-order valence-electron chi connectivity index (χ0n) is 10.4. The van der Waals surface area contributed by atoms with Gasteiger partial charge in [-0.15, -0.1) is 0 Å². The van der Waals surface area contributed by atoms with E-state index in [4.69, 9.17) is 13.3 Å². The molecule has 96 valence electrons. The standard InChI is InChI=1S/C9H21NO5Si/c1-12-9(11)10-7-5-6-8-16(13-2,14-3)15-4/h5-8H2,1-4H3,(H,10,11). The molecule has 0 aromatic rings. The Bertz CT molecular complexity index is 190. The van der Waals surface area contributed by atoms with Crippen molar-refractivity contribution < 1.29 is 22.8 Å². The van der Waals surface area contributed by atoms with E-state index in [-0.39, 0.29) is 0 Å². The van der Waals surface area contributed by atoms with Crippen LogP contribution in [0.3, 0.4) is 0 Å². The lowest BCUT2D eigenvalue weighted by atomic mass is 10.3. The van der Waals surface area contributed by atoms with E-state index in [0.29, 0.717) is 6.54 Å². The fraction of sp³-hybridized carbons (Fsp3) is 0.889. The summed E-state index contributed by atoms with van der Waals surface area (Å²) in [6.07, 6.45) is 1.29. The van der Waals surface area contributed by atoms with Crippen LogP contribution in [0.25, 0.3) is 0 Å². The van der Waals surface area contributed by atoms with Gasteiger partial charge in [-0.25, -0.2) is 4.79 Å². The smallest absolute Gasteiger partial charge is 0.453 e. The van der Waals surface area contributed by atoms with Crippen LogP contribution in [0.5, 0.6) is 0 Å². The lowest BCUT2D eigenvalue weighted by Crippen LogP contribution is -2.42. The molecule has 7 heteroatoms. The maximum atomic E-state index is 10.7. The summed E-state index contributed by atoms with van der Waals surface area (Å²) in [4.78, 5) is 10.7. The molecule has 0 rings (SSSR count). The number of rotatable bonds is 8. The molecule has 0 aromatic heterocycles. The van der Waals surface area contributed by atoms with Crippen LogP contribution in [0.15, 0.2) is 0 Å². The first-order valence-corrected chi connectivity index (χ1v) is 7.04. The van der Waals surface area contributed by atoms with E-state index < -0.39 is 14.9 Å². The third kappa shape index (κ3) is 5.45. The highest BCUT2D eigenvalue weighted by Gasteiger charge is 2.36. The summed E-state index contributed by atoms with van der Waals surface area (Å²) in [5.41, 5.74) is 0. The number of carbonyl (C=O) groups excluding carboxylic acids is 1. The van der Waals surface area contributed by atoms with Crippen molar-refractivity contribution >= 4 is 14.9 Å². The number of hydrogen-bond donors (Lipinski definition) is 1. The first-order chi connectivity index (χ1) is 7.64. The fourth-order valence-corrected chi connectivity index (χ4v) is 3.08. The minimum atomic E-state index is -2.45. The summed E-state index contributed by atoms with van der Waals surface area (Å²) in [5.74, 6) is 0. The molecule has 1 amide bonds. The Hall–Kier alpha value is -0.633. The number of ether oxygens (including phenoxy) is 1. The Morgan fingerprint density at radius 2 is 1.62 bits per heavy atom. The molecule has 0 saturated carbocycles. The maximum Gasteiger partial charge on any atom is 0.500 e. The van der Waals surface area contributed by atoms with Crippen molar-refractivity contribution in [3.05, 3.63) is 0 Å². The van der Waals surface area contributed by atoms with E-state index >= 15 is 0 Å². The maximum absolute atomic E-state index is 10.7. The summed E-state index contributed by atoms with van der Waals surface area (Å²) >= 11 is 0. The molecule has 0 aliphatic heterocycles. The molecule has 0 heterocycles. The summed E-state index contributed by atoms with van der Waals surface area (Å²) < 4.78 is 20.2. The van der Waals surface area contributed by atoms with E-state index in [1.165, 1.54) is 7.11 Å². The van der Waals surface area contributed by atoms with Gasteiger partial charge in [0, 0.05) is 33.9 Å². The molecule has 0 saturated heterocycles. The van der Waals surface area contributed by atoms with Gasteiger partial charge in [0.15, 0.2) is 0 Å². The largest absolute Gasteiger partial charge is 0.500 e. The van der Waals surface area contributed by atoms with Gasteiger partial charge < -0.3 is 23.3 Å². The number of alkyl carbamates (subject to hydrolysis) is 1. The highest BCUT2D eigenvalue weighted by atomic mass is 28.4. The summed E-state index contributed by atoms with van der Waals surface area (Å²) in [5, 5.41) is 2.60. The van der Waals surface area contributed by atoms with Crippen LogP contribution < -0.4 is 5.32 Å². The van der Waals surface area contributed by atoms with Gasteiger partial charge in [-0.05, 0) is 12.8 Å². The van der Waals surface area contributed by atoms with Crippen LogP contribution in [0, 0.1) is 0 Å². The van der Waals surface area contributed by atoms with Crippen LogP contribution in [0.1, 0.15) is 12.8 Å². The van der Waals surface area contributed by atoms with Crippen LogP contribution in [-0.4, -0.2) is 49.9 Å². The lowest BCUT2D eigenvalue weighted by molar-refractivity contribution is 0.123.